The van der Waals surface area contributed by atoms with Crippen molar-refractivity contribution in [1.82, 2.24) is 0 Å². The Bertz CT molecular complexity index is 1220. The van der Waals surface area contributed by atoms with Crippen LogP contribution in [0.5, 0.6) is 5.75 Å². The maximum atomic E-state index is 11.9. The van der Waals surface area contributed by atoms with Crippen molar-refractivity contribution in [3.05, 3.63) is 98.6 Å². The standard InChI is InChI=1S/C24H20N2O5/c1-31-20-10-9-14(12-19(20)26(29)30)22-18-11-13-5-2-3-6-15(13)21(18)16-7-4-8-17(24(27)28)23(16)25-22/h2-10,12,18,21-22,25H,11H2,1H3,(H,27,28)/t18-,21+,22-/m0/s1. The molecule has 0 radical (unpaired) electrons. The van der Waals surface area contributed by atoms with Gasteiger partial charge in [0.1, 0.15) is 0 Å². The molecule has 3 aromatic carbocycles. The number of carbonyl (C=O) groups is 1. The van der Waals surface area contributed by atoms with E-state index in [1.807, 2.05) is 24.3 Å². The Morgan fingerprint density at radius 2 is 1.90 bits per heavy atom. The van der Waals surface area contributed by atoms with Crippen molar-refractivity contribution in [3.63, 3.8) is 0 Å². The number of carboxylic acids is 1. The van der Waals surface area contributed by atoms with Gasteiger partial charge in [0.05, 0.1) is 29.3 Å². The van der Waals surface area contributed by atoms with Crippen molar-refractivity contribution in [3.8, 4) is 5.75 Å². The van der Waals surface area contributed by atoms with Gasteiger partial charge < -0.3 is 15.2 Å². The zero-order chi connectivity index (χ0) is 21.7. The summed E-state index contributed by atoms with van der Waals surface area (Å²) in [5.74, 6) is -0.698. The van der Waals surface area contributed by atoms with Crippen LogP contribution < -0.4 is 10.1 Å². The third kappa shape index (κ3) is 2.92. The number of benzene rings is 3. The predicted octanol–water partition coefficient (Wildman–Crippen LogP) is 4.77. The van der Waals surface area contributed by atoms with Crippen molar-refractivity contribution < 1.29 is 19.6 Å². The van der Waals surface area contributed by atoms with Crippen LogP contribution in [0.25, 0.3) is 0 Å². The summed E-state index contributed by atoms with van der Waals surface area (Å²) in [6, 6.07) is 18.2. The van der Waals surface area contributed by atoms with Gasteiger partial charge >= 0.3 is 11.7 Å². The highest BCUT2D eigenvalue weighted by atomic mass is 16.6. The van der Waals surface area contributed by atoms with Crippen molar-refractivity contribution in [2.45, 2.75) is 18.4 Å². The molecule has 7 heteroatoms. The van der Waals surface area contributed by atoms with Gasteiger partial charge in [0.15, 0.2) is 5.75 Å². The van der Waals surface area contributed by atoms with Crippen LogP contribution in [0, 0.1) is 16.0 Å². The van der Waals surface area contributed by atoms with E-state index >= 15 is 0 Å². The van der Waals surface area contributed by atoms with Crippen molar-refractivity contribution in [2.24, 2.45) is 5.92 Å². The molecular weight excluding hydrogens is 396 g/mol. The number of para-hydroxylation sites is 1. The third-order valence-electron chi connectivity index (χ3n) is 6.42. The van der Waals surface area contributed by atoms with Crippen molar-refractivity contribution >= 4 is 17.3 Å². The molecule has 1 aliphatic carbocycles. The first-order valence-corrected chi connectivity index (χ1v) is 10.0. The number of ether oxygens (including phenoxy) is 1. The lowest BCUT2D eigenvalue weighted by Crippen LogP contribution is -2.31. The first-order chi connectivity index (χ1) is 15.0. The number of methoxy groups -OCH3 is 1. The van der Waals surface area contributed by atoms with Crippen LogP contribution in [-0.4, -0.2) is 23.1 Å². The Morgan fingerprint density at radius 3 is 2.65 bits per heavy atom. The smallest absolute Gasteiger partial charge is 0.337 e. The zero-order valence-corrected chi connectivity index (χ0v) is 16.7. The lowest BCUT2D eigenvalue weighted by Gasteiger charge is -2.38. The van der Waals surface area contributed by atoms with Crippen LogP contribution in [0.2, 0.25) is 0 Å². The maximum Gasteiger partial charge on any atom is 0.337 e. The minimum atomic E-state index is -1.01. The van der Waals surface area contributed by atoms with Crippen LogP contribution in [0.4, 0.5) is 11.4 Å². The van der Waals surface area contributed by atoms with E-state index in [0.717, 1.165) is 17.5 Å². The summed E-state index contributed by atoms with van der Waals surface area (Å²) in [4.78, 5) is 23.1. The lowest BCUT2D eigenvalue weighted by atomic mass is 9.75. The summed E-state index contributed by atoms with van der Waals surface area (Å²) < 4.78 is 5.15. The molecule has 0 bridgehead atoms. The molecule has 0 aromatic heterocycles. The number of nitro benzene ring substituents is 1. The fourth-order valence-corrected chi connectivity index (χ4v) is 5.14. The largest absolute Gasteiger partial charge is 0.490 e. The Labute approximate surface area is 178 Å². The molecule has 0 saturated heterocycles. The number of aromatic carboxylic acids is 1. The van der Waals surface area contributed by atoms with Gasteiger partial charge in [-0.3, -0.25) is 10.1 Å². The fraction of sp³-hybridized carbons (Fsp3) is 0.208. The van der Waals surface area contributed by atoms with Gasteiger partial charge in [0, 0.05) is 12.0 Å². The molecule has 156 valence electrons. The maximum absolute atomic E-state index is 11.9. The second-order valence-corrected chi connectivity index (χ2v) is 7.93. The van der Waals surface area contributed by atoms with Gasteiger partial charge in [-0.05, 0) is 46.7 Å². The second-order valence-electron chi connectivity index (χ2n) is 7.93. The fourth-order valence-electron chi connectivity index (χ4n) is 5.14. The summed E-state index contributed by atoms with van der Waals surface area (Å²) in [5, 5.41) is 24.8. The molecule has 1 aliphatic heterocycles. The average molecular weight is 416 g/mol. The highest BCUT2D eigenvalue weighted by Crippen LogP contribution is 2.54. The number of fused-ring (bicyclic) bond motifs is 5. The van der Waals surface area contributed by atoms with Crippen LogP contribution in [-0.2, 0) is 6.42 Å². The summed E-state index contributed by atoms with van der Waals surface area (Å²) in [6.45, 7) is 0. The molecule has 3 atom stereocenters. The summed E-state index contributed by atoms with van der Waals surface area (Å²) in [5.41, 5.74) is 4.78. The summed E-state index contributed by atoms with van der Waals surface area (Å²) in [7, 11) is 1.40. The topological polar surface area (TPSA) is 102 Å². The first-order valence-electron chi connectivity index (χ1n) is 10.0. The zero-order valence-electron chi connectivity index (χ0n) is 16.7. The van der Waals surface area contributed by atoms with Gasteiger partial charge in [0.25, 0.3) is 0 Å². The van der Waals surface area contributed by atoms with E-state index in [4.69, 9.17) is 4.74 Å². The van der Waals surface area contributed by atoms with Crippen LogP contribution in [0.1, 0.15) is 44.6 Å². The monoisotopic (exact) mass is 416 g/mol. The summed E-state index contributed by atoms with van der Waals surface area (Å²) >= 11 is 0. The Hall–Kier alpha value is -3.87. The third-order valence-corrected chi connectivity index (χ3v) is 6.42. The highest BCUT2D eigenvalue weighted by Gasteiger charge is 2.44. The highest BCUT2D eigenvalue weighted by molar-refractivity contribution is 5.96. The van der Waals surface area contributed by atoms with E-state index in [-0.39, 0.29) is 34.9 Å². The Kier molecular flexibility index (Phi) is 4.39. The Morgan fingerprint density at radius 1 is 1.13 bits per heavy atom. The average Bonchev–Trinajstić information content (AvgIpc) is 3.17. The quantitative estimate of drug-likeness (QED) is 0.469. The molecule has 1 heterocycles. The van der Waals surface area contributed by atoms with Gasteiger partial charge in [-0.25, -0.2) is 4.79 Å². The molecular formula is C24H20N2O5. The molecule has 7 nitrogen and oxygen atoms in total. The predicted molar refractivity (Wildman–Crippen MR) is 115 cm³/mol. The molecule has 0 saturated carbocycles. The molecule has 31 heavy (non-hydrogen) atoms. The number of anilines is 1. The van der Waals surface area contributed by atoms with Gasteiger partial charge in [-0.2, -0.15) is 0 Å². The normalized spacial score (nSPS) is 20.7. The van der Waals surface area contributed by atoms with E-state index in [1.165, 1.54) is 24.3 Å². The molecule has 2 aliphatic rings. The van der Waals surface area contributed by atoms with Crippen LogP contribution >= 0.6 is 0 Å². The Balaban J connectivity index is 1.70. The number of carboxylic acid groups (broad SMARTS) is 1. The van der Waals surface area contributed by atoms with E-state index < -0.39 is 10.9 Å². The molecule has 3 aromatic rings. The van der Waals surface area contributed by atoms with Gasteiger partial charge in [0.2, 0.25) is 0 Å². The lowest BCUT2D eigenvalue weighted by molar-refractivity contribution is -0.385. The van der Waals surface area contributed by atoms with Crippen LogP contribution in [0.3, 0.4) is 0 Å². The number of hydrogen-bond acceptors (Lipinski definition) is 5. The number of rotatable bonds is 4. The van der Waals surface area contributed by atoms with E-state index in [9.17, 15) is 20.0 Å². The SMILES string of the molecule is COc1ccc([C@@H]2Nc3c(C(=O)O)cccc3[C@H]3c4ccccc4C[C@@H]32)cc1[N+](=O)[O-]. The van der Waals surface area contributed by atoms with Crippen molar-refractivity contribution in [2.75, 3.05) is 12.4 Å². The minimum absolute atomic E-state index is 0.0120. The number of nitrogens with zero attached hydrogens (tertiary/aromatic N) is 1. The van der Waals surface area contributed by atoms with Gasteiger partial charge in [-0.1, -0.05) is 42.5 Å². The van der Waals surface area contributed by atoms with E-state index in [0.29, 0.717) is 5.69 Å². The van der Waals surface area contributed by atoms with E-state index in [2.05, 4.69) is 17.4 Å². The second kappa shape index (κ2) is 7.12. The number of hydrogen-bond donors (Lipinski definition) is 2. The first kappa shape index (κ1) is 19.1. The summed E-state index contributed by atoms with van der Waals surface area (Å²) in [6.07, 6.45) is 0.801. The molecule has 0 fully saturated rings. The number of nitro groups is 1. The molecule has 0 amide bonds. The minimum Gasteiger partial charge on any atom is -0.490 e. The molecule has 0 spiro atoms. The van der Waals surface area contributed by atoms with Crippen molar-refractivity contribution in [1.29, 1.82) is 0 Å². The number of nitrogens with one attached hydrogen (secondary N) is 1. The molecule has 0 unspecified atom stereocenters. The van der Waals surface area contributed by atoms with Crippen LogP contribution in [0.15, 0.2) is 60.7 Å². The molecule has 5 rings (SSSR count). The van der Waals surface area contributed by atoms with Gasteiger partial charge in [-0.15, -0.1) is 0 Å². The molecule has 2 N–H and O–H groups in total. The van der Waals surface area contributed by atoms with E-state index in [1.54, 1.807) is 18.2 Å².